The third kappa shape index (κ3) is 5.10. The highest BCUT2D eigenvalue weighted by Crippen LogP contribution is 2.22. The molecule has 0 bridgehead atoms. The summed E-state index contributed by atoms with van der Waals surface area (Å²) in [5, 5.41) is 0.991. The van der Waals surface area contributed by atoms with Gasteiger partial charge in [-0.25, -0.2) is 4.98 Å². The second-order valence-electron chi connectivity index (χ2n) is 3.34. The van der Waals surface area contributed by atoms with E-state index in [2.05, 4.69) is 11.9 Å². The van der Waals surface area contributed by atoms with Crippen molar-refractivity contribution in [2.45, 2.75) is 31.9 Å². The van der Waals surface area contributed by atoms with Crippen molar-refractivity contribution >= 4 is 35.0 Å². The van der Waals surface area contributed by atoms with E-state index in [-0.39, 0.29) is 0 Å². The van der Waals surface area contributed by atoms with Crippen molar-refractivity contribution in [3.63, 3.8) is 0 Å². The number of hydrogen-bond donors (Lipinski definition) is 0. The molecule has 0 aromatic carbocycles. The minimum atomic E-state index is 0.458. The Balaban J connectivity index is 2.31. The highest BCUT2D eigenvalue weighted by molar-refractivity contribution is 7.98. The van der Waals surface area contributed by atoms with Crippen LogP contribution in [0, 0.1) is 0 Å². The summed E-state index contributed by atoms with van der Waals surface area (Å²) in [6.07, 6.45) is 3.85. The van der Waals surface area contributed by atoms with Crippen molar-refractivity contribution in [3.8, 4) is 0 Å². The predicted molar refractivity (Wildman–Crippen MR) is 69.9 cm³/mol. The molecule has 15 heavy (non-hydrogen) atoms. The van der Waals surface area contributed by atoms with Gasteiger partial charge in [-0.1, -0.05) is 49.0 Å². The Morgan fingerprint density at radius 3 is 2.73 bits per heavy atom. The molecule has 0 saturated heterocycles. The van der Waals surface area contributed by atoms with Crippen LogP contribution in [0.2, 0.25) is 10.3 Å². The van der Waals surface area contributed by atoms with Gasteiger partial charge >= 0.3 is 0 Å². The first-order valence-electron chi connectivity index (χ1n) is 5.12. The van der Waals surface area contributed by atoms with Gasteiger partial charge in [0.25, 0.3) is 0 Å². The summed E-state index contributed by atoms with van der Waals surface area (Å²) >= 11 is 13.6. The summed E-state index contributed by atoms with van der Waals surface area (Å²) in [7, 11) is 0. The van der Waals surface area contributed by atoms with Gasteiger partial charge in [-0.15, -0.1) is 0 Å². The van der Waals surface area contributed by atoms with E-state index in [9.17, 15) is 0 Å². The van der Waals surface area contributed by atoms with E-state index in [1.165, 1.54) is 25.0 Å². The number of pyridine rings is 1. The van der Waals surface area contributed by atoms with Gasteiger partial charge in [-0.2, -0.15) is 11.8 Å². The van der Waals surface area contributed by atoms with Crippen LogP contribution in [0.15, 0.2) is 12.1 Å². The molecule has 0 aliphatic heterocycles. The average Bonchev–Trinajstić information content (AvgIpc) is 2.20. The normalized spacial score (nSPS) is 10.6. The minimum Gasteiger partial charge on any atom is -0.224 e. The third-order valence-electron chi connectivity index (χ3n) is 2.04. The molecule has 0 aliphatic carbocycles. The van der Waals surface area contributed by atoms with E-state index in [1.807, 2.05) is 17.8 Å². The summed E-state index contributed by atoms with van der Waals surface area (Å²) < 4.78 is 0. The van der Waals surface area contributed by atoms with Crippen LogP contribution in [-0.4, -0.2) is 10.7 Å². The summed E-state index contributed by atoms with van der Waals surface area (Å²) in [5.41, 5.74) is 1.07. The van der Waals surface area contributed by atoms with Crippen molar-refractivity contribution in [1.29, 1.82) is 0 Å². The van der Waals surface area contributed by atoms with E-state index in [4.69, 9.17) is 23.2 Å². The molecule has 84 valence electrons. The first kappa shape index (κ1) is 13.1. The summed E-state index contributed by atoms with van der Waals surface area (Å²) in [6, 6.07) is 3.74. The van der Waals surface area contributed by atoms with Gasteiger partial charge in [0.2, 0.25) is 0 Å². The van der Waals surface area contributed by atoms with E-state index in [0.29, 0.717) is 10.3 Å². The fourth-order valence-electron chi connectivity index (χ4n) is 1.18. The molecule has 1 aromatic rings. The number of hydrogen-bond acceptors (Lipinski definition) is 2. The highest BCUT2D eigenvalue weighted by atomic mass is 35.5. The predicted octanol–water partition coefficient (Wildman–Crippen LogP) is 4.81. The molecule has 0 radical (unpaired) electrons. The monoisotopic (exact) mass is 263 g/mol. The van der Waals surface area contributed by atoms with Crippen LogP contribution >= 0.6 is 35.0 Å². The number of thioether (sulfide) groups is 1. The van der Waals surface area contributed by atoms with E-state index >= 15 is 0 Å². The van der Waals surface area contributed by atoms with Gasteiger partial charge in [0, 0.05) is 5.75 Å². The van der Waals surface area contributed by atoms with E-state index < -0.39 is 0 Å². The molecule has 0 amide bonds. The lowest BCUT2D eigenvalue weighted by atomic mass is 10.3. The molecule has 0 fully saturated rings. The molecule has 0 N–H and O–H groups in total. The standard InChI is InChI=1S/C11H15Cl2NS/c1-2-3-4-7-15-8-9-5-6-10(12)14-11(9)13/h5-6H,2-4,7-8H2,1H3. The number of rotatable bonds is 6. The van der Waals surface area contributed by atoms with Gasteiger partial charge in [0.1, 0.15) is 10.3 Å². The smallest absolute Gasteiger partial charge is 0.134 e. The molecule has 0 aliphatic rings. The van der Waals surface area contributed by atoms with Gasteiger partial charge in [-0.05, 0) is 23.8 Å². The van der Waals surface area contributed by atoms with Crippen LogP contribution in [0.1, 0.15) is 31.7 Å². The lowest BCUT2D eigenvalue weighted by molar-refractivity contribution is 0.778. The first-order valence-corrected chi connectivity index (χ1v) is 7.03. The number of unbranched alkanes of at least 4 members (excludes halogenated alkanes) is 2. The Kier molecular flexibility index (Phi) is 6.46. The maximum atomic E-state index is 5.96. The Labute approximate surface area is 106 Å². The van der Waals surface area contributed by atoms with E-state index in [0.717, 1.165) is 11.3 Å². The zero-order valence-electron chi connectivity index (χ0n) is 8.80. The third-order valence-corrected chi connectivity index (χ3v) is 3.67. The maximum Gasteiger partial charge on any atom is 0.134 e. The molecular formula is C11H15Cl2NS. The Hall–Kier alpha value is 0.0800. The lowest BCUT2D eigenvalue weighted by Gasteiger charge is -2.03. The van der Waals surface area contributed by atoms with Crippen molar-refractivity contribution in [1.82, 2.24) is 4.98 Å². The maximum absolute atomic E-state index is 5.96. The fourth-order valence-corrected chi connectivity index (χ4v) is 2.68. The van der Waals surface area contributed by atoms with Crippen LogP contribution in [0.4, 0.5) is 0 Å². The number of nitrogens with zero attached hydrogens (tertiary/aromatic N) is 1. The molecular weight excluding hydrogens is 249 g/mol. The zero-order valence-corrected chi connectivity index (χ0v) is 11.1. The van der Waals surface area contributed by atoms with Gasteiger partial charge in [-0.3, -0.25) is 0 Å². The highest BCUT2D eigenvalue weighted by Gasteiger charge is 2.02. The van der Waals surface area contributed by atoms with E-state index in [1.54, 1.807) is 6.07 Å². The van der Waals surface area contributed by atoms with Gasteiger partial charge in [0.05, 0.1) is 0 Å². The molecule has 0 unspecified atom stereocenters. The Bertz CT molecular complexity index is 305. The molecule has 1 rings (SSSR count). The topological polar surface area (TPSA) is 12.9 Å². The first-order chi connectivity index (χ1) is 7.24. The minimum absolute atomic E-state index is 0.458. The van der Waals surface area contributed by atoms with Gasteiger partial charge < -0.3 is 0 Å². The molecule has 0 saturated carbocycles. The fraction of sp³-hybridized carbons (Fsp3) is 0.545. The van der Waals surface area contributed by atoms with Crippen molar-refractivity contribution in [2.24, 2.45) is 0 Å². The number of aromatic nitrogens is 1. The average molecular weight is 264 g/mol. The molecule has 1 aromatic heterocycles. The van der Waals surface area contributed by atoms with Crippen molar-refractivity contribution in [3.05, 3.63) is 28.0 Å². The quantitative estimate of drug-likeness (QED) is 0.540. The van der Waals surface area contributed by atoms with Crippen LogP contribution in [-0.2, 0) is 5.75 Å². The van der Waals surface area contributed by atoms with Crippen LogP contribution in [0.5, 0.6) is 0 Å². The van der Waals surface area contributed by atoms with Crippen LogP contribution in [0.25, 0.3) is 0 Å². The van der Waals surface area contributed by atoms with Crippen molar-refractivity contribution < 1.29 is 0 Å². The molecule has 1 heterocycles. The largest absolute Gasteiger partial charge is 0.224 e. The molecule has 1 nitrogen and oxygen atoms in total. The second-order valence-corrected chi connectivity index (χ2v) is 5.19. The Morgan fingerprint density at radius 2 is 2.07 bits per heavy atom. The second kappa shape index (κ2) is 7.37. The van der Waals surface area contributed by atoms with Crippen LogP contribution in [0.3, 0.4) is 0 Å². The molecule has 0 spiro atoms. The summed E-state index contributed by atoms with van der Waals surface area (Å²) in [4.78, 5) is 4.01. The van der Waals surface area contributed by atoms with Crippen LogP contribution < -0.4 is 0 Å². The number of halogens is 2. The summed E-state index contributed by atoms with van der Waals surface area (Å²) in [5.74, 6) is 2.11. The lowest BCUT2D eigenvalue weighted by Crippen LogP contribution is -1.88. The SMILES string of the molecule is CCCCCSCc1ccc(Cl)nc1Cl. The van der Waals surface area contributed by atoms with Crippen molar-refractivity contribution in [2.75, 3.05) is 5.75 Å². The Morgan fingerprint density at radius 1 is 1.27 bits per heavy atom. The zero-order chi connectivity index (χ0) is 11.1. The molecule has 0 atom stereocenters. The van der Waals surface area contributed by atoms with Gasteiger partial charge in [0.15, 0.2) is 0 Å². The molecule has 4 heteroatoms. The summed E-state index contributed by atoms with van der Waals surface area (Å²) in [6.45, 7) is 2.21.